The highest BCUT2D eigenvalue weighted by molar-refractivity contribution is 5.43. The lowest BCUT2D eigenvalue weighted by atomic mass is 9.93. The van der Waals surface area contributed by atoms with Crippen molar-refractivity contribution in [2.75, 3.05) is 66.1 Å². The first-order valence-corrected chi connectivity index (χ1v) is 25.8. The Labute approximate surface area is 390 Å². The van der Waals surface area contributed by atoms with Gasteiger partial charge in [0.2, 0.25) is 0 Å². The highest BCUT2D eigenvalue weighted by Gasteiger charge is 2.49. The molecular weight excluding hydrogens is 809 g/mol. The number of hydrogen-bond donors (Lipinski definition) is 0. The Kier molecular flexibility index (Phi) is 31.7. The summed E-state index contributed by atoms with van der Waals surface area (Å²) < 4.78 is 65.6. The lowest BCUT2D eigenvalue weighted by Crippen LogP contribution is -2.61. The minimum absolute atomic E-state index is 0.320. The van der Waals surface area contributed by atoms with Gasteiger partial charge in [-0.3, -0.25) is 0 Å². The summed E-state index contributed by atoms with van der Waals surface area (Å²) in [6.45, 7) is 23.3. The van der Waals surface area contributed by atoms with E-state index in [4.69, 9.17) is 47.4 Å². The van der Waals surface area contributed by atoms with Crippen LogP contribution in [0.5, 0.6) is 0 Å². The molecule has 366 valence electrons. The van der Waals surface area contributed by atoms with Gasteiger partial charge in [0.05, 0.1) is 13.2 Å². The zero-order valence-corrected chi connectivity index (χ0v) is 41.6. The molecule has 0 bridgehead atoms. The third-order valence-electron chi connectivity index (χ3n) is 11.6. The van der Waals surface area contributed by atoms with Crippen molar-refractivity contribution < 1.29 is 47.4 Å². The first-order valence-electron chi connectivity index (χ1n) is 25.8. The summed E-state index contributed by atoms with van der Waals surface area (Å²) in [5.41, 5.74) is 1.72. The van der Waals surface area contributed by atoms with Gasteiger partial charge in [0.1, 0.15) is 61.0 Å². The van der Waals surface area contributed by atoms with Crippen molar-refractivity contribution in [3.05, 3.63) is 35.4 Å². The molecule has 0 unspecified atom stereocenters. The highest BCUT2D eigenvalue weighted by atomic mass is 16.6. The Morgan fingerprint density at radius 2 is 0.625 bits per heavy atom. The van der Waals surface area contributed by atoms with Gasteiger partial charge in [0.25, 0.3) is 0 Å². The molecule has 10 heteroatoms. The van der Waals surface area contributed by atoms with Crippen LogP contribution < -0.4 is 0 Å². The molecule has 2 fully saturated rings. The van der Waals surface area contributed by atoms with Crippen molar-refractivity contribution >= 4 is 0 Å². The minimum atomic E-state index is -0.525. The molecule has 0 amide bonds. The van der Waals surface area contributed by atoms with Crippen LogP contribution in [0.3, 0.4) is 0 Å². The SMILES string of the molecule is CCCCOC[C@H]1O[C@H](C#Cc2ccc(C#C[C@H]3O[C@H](COCCCC)[C@@H](OCCCC)[C@H](OCCCC)[C@@H]3OCCCC)cc2)[C@@H](OCCCC)[C@@H](OCCCC)[C@@H]1OCCCC. The number of rotatable bonds is 34. The average molecular weight is 899 g/mol. The van der Waals surface area contributed by atoms with E-state index in [0.29, 0.717) is 66.1 Å². The predicted octanol–water partition coefficient (Wildman–Crippen LogP) is 10.7. The Balaban J connectivity index is 1.94. The molecule has 2 saturated heterocycles. The lowest BCUT2D eigenvalue weighted by molar-refractivity contribution is -0.254. The summed E-state index contributed by atoms with van der Waals surface area (Å²) in [5.74, 6) is 13.8. The van der Waals surface area contributed by atoms with Crippen LogP contribution in [0.15, 0.2) is 24.3 Å². The maximum absolute atomic E-state index is 6.80. The summed E-state index contributed by atoms with van der Waals surface area (Å²) in [6.07, 6.45) is 12.2. The van der Waals surface area contributed by atoms with Crippen LogP contribution >= 0.6 is 0 Å². The molecule has 10 nitrogen and oxygen atoms in total. The van der Waals surface area contributed by atoms with Crippen LogP contribution in [0.2, 0.25) is 0 Å². The van der Waals surface area contributed by atoms with Gasteiger partial charge in [-0.2, -0.15) is 0 Å². The number of unbranched alkanes of at least 4 members (excludes halogenated alkanes) is 8. The molecular formula is C54H90O10. The van der Waals surface area contributed by atoms with Gasteiger partial charge < -0.3 is 47.4 Å². The fourth-order valence-corrected chi connectivity index (χ4v) is 7.50. The smallest absolute Gasteiger partial charge is 0.147 e. The maximum Gasteiger partial charge on any atom is 0.147 e. The molecule has 2 heterocycles. The summed E-state index contributed by atoms with van der Waals surface area (Å²) in [7, 11) is 0. The molecule has 64 heavy (non-hydrogen) atoms. The van der Waals surface area contributed by atoms with Crippen LogP contribution in [0, 0.1) is 23.7 Å². The van der Waals surface area contributed by atoms with Crippen molar-refractivity contribution in [1.82, 2.24) is 0 Å². The second-order valence-electron chi connectivity index (χ2n) is 17.3. The predicted molar refractivity (Wildman–Crippen MR) is 257 cm³/mol. The van der Waals surface area contributed by atoms with Gasteiger partial charge in [0.15, 0.2) is 0 Å². The van der Waals surface area contributed by atoms with Crippen molar-refractivity contribution in [3.63, 3.8) is 0 Å². The zero-order chi connectivity index (χ0) is 46.0. The van der Waals surface area contributed by atoms with Crippen molar-refractivity contribution in [3.8, 4) is 23.7 Å². The van der Waals surface area contributed by atoms with E-state index >= 15 is 0 Å². The molecule has 10 atom stereocenters. The summed E-state index contributed by atoms with van der Waals surface area (Å²) >= 11 is 0. The van der Waals surface area contributed by atoms with Gasteiger partial charge in [0, 0.05) is 64.0 Å². The molecule has 0 radical (unpaired) electrons. The van der Waals surface area contributed by atoms with E-state index in [2.05, 4.69) is 79.1 Å². The van der Waals surface area contributed by atoms with E-state index < -0.39 is 24.4 Å². The van der Waals surface area contributed by atoms with E-state index in [9.17, 15) is 0 Å². The largest absolute Gasteiger partial charge is 0.379 e. The fraction of sp³-hybridized carbons (Fsp3) is 0.815. The van der Waals surface area contributed by atoms with Crippen molar-refractivity contribution in [2.45, 2.75) is 219 Å². The second kappa shape index (κ2) is 36.0. The normalized spacial score (nSPS) is 25.7. The van der Waals surface area contributed by atoms with E-state index in [1.165, 1.54) is 0 Å². The number of benzene rings is 1. The highest BCUT2D eigenvalue weighted by Crippen LogP contribution is 2.31. The molecule has 2 aliphatic rings. The third-order valence-corrected chi connectivity index (χ3v) is 11.6. The van der Waals surface area contributed by atoms with Crippen LogP contribution in [0.4, 0.5) is 0 Å². The molecule has 0 saturated carbocycles. The van der Waals surface area contributed by atoms with E-state index in [0.717, 1.165) is 114 Å². The Morgan fingerprint density at radius 1 is 0.359 bits per heavy atom. The Morgan fingerprint density at radius 3 is 0.922 bits per heavy atom. The Bertz CT molecular complexity index is 1300. The van der Waals surface area contributed by atoms with E-state index in [1.807, 2.05) is 24.3 Å². The van der Waals surface area contributed by atoms with Crippen LogP contribution in [0.1, 0.15) is 169 Å². The number of hydrogen-bond acceptors (Lipinski definition) is 10. The topological polar surface area (TPSA) is 92.3 Å². The van der Waals surface area contributed by atoms with E-state index in [-0.39, 0.29) is 36.6 Å². The van der Waals surface area contributed by atoms with Crippen LogP contribution in [0.25, 0.3) is 0 Å². The molecule has 2 aliphatic heterocycles. The number of ether oxygens (including phenoxy) is 10. The van der Waals surface area contributed by atoms with Gasteiger partial charge in [-0.25, -0.2) is 0 Å². The molecule has 3 rings (SSSR count). The third kappa shape index (κ3) is 20.8. The first kappa shape index (κ1) is 56.3. The lowest BCUT2D eigenvalue weighted by Gasteiger charge is -2.45. The van der Waals surface area contributed by atoms with Crippen molar-refractivity contribution in [2.24, 2.45) is 0 Å². The van der Waals surface area contributed by atoms with Gasteiger partial charge in [-0.05, 0) is 75.6 Å². The summed E-state index contributed by atoms with van der Waals surface area (Å²) in [5, 5.41) is 0. The molecule has 0 N–H and O–H groups in total. The first-order chi connectivity index (χ1) is 31.5. The van der Waals surface area contributed by atoms with Crippen LogP contribution in [-0.2, 0) is 47.4 Å². The standard InChI is InChI=1S/C54H90O10/c1-9-17-33-55-41-47-51(59-37-21-13-5)53(61-39-23-15-7)49(57-35-19-11-3)45(63-47)31-29-43-25-27-44(28-26-43)30-32-46-50(58-36-20-12-4)54(62-40-24-16-8)52(60-38-22-14-6)48(64-46)42-56-34-18-10-2/h25-28,45-54H,9-24,33-42H2,1-8H3/t45-,46-,47-,48-,49-,50-,51-,52-,53-,54-/m1/s1. The summed E-state index contributed by atoms with van der Waals surface area (Å²) in [6, 6.07) is 8.05. The molecule has 1 aromatic carbocycles. The van der Waals surface area contributed by atoms with Crippen molar-refractivity contribution in [1.29, 1.82) is 0 Å². The Hall–Kier alpha value is -2.06. The van der Waals surface area contributed by atoms with E-state index in [1.54, 1.807) is 0 Å². The monoisotopic (exact) mass is 899 g/mol. The average Bonchev–Trinajstić information content (AvgIpc) is 3.30. The van der Waals surface area contributed by atoms with Gasteiger partial charge in [-0.15, -0.1) is 0 Å². The van der Waals surface area contributed by atoms with Gasteiger partial charge >= 0.3 is 0 Å². The zero-order valence-electron chi connectivity index (χ0n) is 41.6. The maximum atomic E-state index is 6.80. The minimum Gasteiger partial charge on any atom is -0.379 e. The van der Waals surface area contributed by atoms with Gasteiger partial charge in [-0.1, -0.05) is 130 Å². The summed E-state index contributed by atoms with van der Waals surface area (Å²) in [4.78, 5) is 0. The second-order valence-corrected chi connectivity index (χ2v) is 17.3. The molecule has 0 aromatic heterocycles. The molecule has 1 aromatic rings. The van der Waals surface area contributed by atoms with Crippen LogP contribution in [-0.4, -0.2) is 127 Å². The quantitative estimate of drug-likeness (QED) is 0.0492. The molecule has 0 aliphatic carbocycles. The fourth-order valence-electron chi connectivity index (χ4n) is 7.50. The molecule has 0 spiro atoms.